The number of ether oxygens (including phenoxy) is 1. The highest BCUT2D eigenvalue weighted by atomic mass is 32.2. The lowest BCUT2D eigenvalue weighted by molar-refractivity contribution is -0.0503. The number of nitrogens with two attached hydrogens (primary N) is 1. The van der Waals surface area contributed by atoms with Crippen molar-refractivity contribution >= 4 is 17.9 Å². The van der Waals surface area contributed by atoms with Crippen molar-refractivity contribution in [2.75, 3.05) is 18.8 Å². The highest BCUT2D eigenvalue weighted by Gasteiger charge is 2.50. The number of carbonyl (C=O) groups excluding carboxylic acids is 1. The number of pyridine rings is 1. The van der Waals surface area contributed by atoms with Crippen LogP contribution in [-0.4, -0.2) is 29.9 Å². The van der Waals surface area contributed by atoms with E-state index in [0.717, 1.165) is 35.1 Å². The molecule has 0 spiro atoms. The van der Waals surface area contributed by atoms with Crippen molar-refractivity contribution in [2.45, 2.75) is 43.6 Å². The van der Waals surface area contributed by atoms with Crippen LogP contribution >= 0.6 is 11.8 Å². The van der Waals surface area contributed by atoms with Crippen molar-refractivity contribution in [1.82, 2.24) is 10.3 Å². The van der Waals surface area contributed by atoms with Gasteiger partial charge in [0, 0.05) is 25.0 Å². The van der Waals surface area contributed by atoms with Gasteiger partial charge in [-0.1, -0.05) is 0 Å². The molecule has 4 bridgehead atoms. The normalized spacial score (nSPS) is 32.6. The number of carbonyl (C=O) groups is 1. The molecule has 1 aromatic heterocycles. The summed E-state index contributed by atoms with van der Waals surface area (Å²) in [7, 11) is 0. The average molecular weight is 362 g/mol. The number of nitrogens with one attached hydrogen (secondary N) is 1. The summed E-state index contributed by atoms with van der Waals surface area (Å²) in [6.07, 6.45) is 9.44. The fraction of sp³-hybridized carbons (Fsp3) is 0.684. The Labute approximate surface area is 153 Å². The topological polar surface area (TPSA) is 77.2 Å². The molecule has 4 saturated carbocycles. The summed E-state index contributed by atoms with van der Waals surface area (Å²) in [6.45, 7) is 1.32. The molecule has 6 heteroatoms. The number of amides is 1. The second-order valence-corrected chi connectivity index (χ2v) is 9.19. The molecule has 25 heavy (non-hydrogen) atoms. The SMILES string of the molecule is NCCSc1ncccc1OC(=O)NCC12CC3CC(CC(C3)C1)C2. The van der Waals surface area contributed by atoms with E-state index in [1.165, 1.54) is 50.3 Å². The third-order valence-corrected chi connectivity index (χ3v) is 7.09. The summed E-state index contributed by atoms with van der Waals surface area (Å²) in [5.74, 6) is 3.94. The van der Waals surface area contributed by atoms with E-state index >= 15 is 0 Å². The Morgan fingerprint density at radius 1 is 1.28 bits per heavy atom. The molecule has 4 fully saturated rings. The number of nitrogens with zero attached hydrogens (tertiary/aromatic N) is 1. The van der Waals surface area contributed by atoms with Crippen LogP contribution in [-0.2, 0) is 0 Å². The van der Waals surface area contributed by atoms with E-state index in [2.05, 4.69) is 10.3 Å². The van der Waals surface area contributed by atoms with Crippen LogP contribution in [0.3, 0.4) is 0 Å². The van der Waals surface area contributed by atoms with E-state index in [9.17, 15) is 4.79 Å². The van der Waals surface area contributed by atoms with Crippen LogP contribution in [0, 0.1) is 23.2 Å². The van der Waals surface area contributed by atoms with Crippen molar-refractivity contribution in [2.24, 2.45) is 28.9 Å². The Bertz CT molecular complexity index is 602. The number of hydrogen-bond donors (Lipinski definition) is 2. The van der Waals surface area contributed by atoms with Gasteiger partial charge in [-0.05, 0) is 73.8 Å². The van der Waals surface area contributed by atoms with E-state index in [4.69, 9.17) is 10.5 Å². The first-order valence-corrected chi connectivity index (χ1v) is 10.4. The van der Waals surface area contributed by atoms with Gasteiger partial charge in [0.1, 0.15) is 5.03 Å². The van der Waals surface area contributed by atoms with Crippen LogP contribution in [0.4, 0.5) is 4.79 Å². The van der Waals surface area contributed by atoms with E-state index in [1.807, 2.05) is 0 Å². The molecule has 1 heterocycles. The third-order valence-electron chi connectivity index (χ3n) is 6.07. The summed E-state index contributed by atoms with van der Waals surface area (Å²) < 4.78 is 5.53. The highest BCUT2D eigenvalue weighted by Crippen LogP contribution is 2.59. The molecule has 1 amide bonds. The number of hydrogen-bond acceptors (Lipinski definition) is 5. The van der Waals surface area contributed by atoms with Crippen LogP contribution in [0.1, 0.15) is 38.5 Å². The second-order valence-electron chi connectivity index (χ2n) is 8.10. The zero-order valence-electron chi connectivity index (χ0n) is 14.6. The van der Waals surface area contributed by atoms with Gasteiger partial charge in [0.15, 0.2) is 5.75 Å². The lowest BCUT2D eigenvalue weighted by atomic mass is 9.49. The predicted molar refractivity (Wildman–Crippen MR) is 98.6 cm³/mol. The number of aromatic nitrogens is 1. The second kappa shape index (κ2) is 7.16. The molecule has 1 aromatic rings. The molecule has 5 rings (SSSR count). The minimum absolute atomic E-state index is 0.319. The molecule has 0 unspecified atom stereocenters. The van der Waals surface area contributed by atoms with Crippen molar-refractivity contribution < 1.29 is 9.53 Å². The molecule has 4 aliphatic carbocycles. The molecule has 4 aliphatic rings. The summed E-state index contributed by atoms with van der Waals surface area (Å²) in [5.41, 5.74) is 5.87. The van der Waals surface area contributed by atoms with Gasteiger partial charge in [0.2, 0.25) is 0 Å². The van der Waals surface area contributed by atoms with Crippen molar-refractivity contribution in [3.63, 3.8) is 0 Å². The minimum atomic E-state index is -0.363. The van der Waals surface area contributed by atoms with Crippen LogP contribution in [0.5, 0.6) is 5.75 Å². The largest absolute Gasteiger partial charge is 0.412 e. The molecule has 136 valence electrons. The Balaban J connectivity index is 1.34. The molecule has 0 atom stereocenters. The van der Waals surface area contributed by atoms with Crippen molar-refractivity contribution in [3.8, 4) is 5.75 Å². The Morgan fingerprint density at radius 2 is 1.96 bits per heavy atom. The van der Waals surface area contributed by atoms with Gasteiger partial charge in [-0.3, -0.25) is 0 Å². The first-order chi connectivity index (χ1) is 12.2. The maximum atomic E-state index is 12.3. The Hall–Kier alpha value is -1.27. The zero-order valence-corrected chi connectivity index (χ0v) is 15.4. The van der Waals surface area contributed by atoms with Crippen LogP contribution < -0.4 is 15.8 Å². The van der Waals surface area contributed by atoms with Gasteiger partial charge < -0.3 is 15.8 Å². The smallest absolute Gasteiger partial charge is 0.407 e. The fourth-order valence-electron chi connectivity index (χ4n) is 5.62. The molecular formula is C19H27N3O2S. The first-order valence-electron chi connectivity index (χ1n) is 9.39. The number of rotatable bonds is 6. The molecule has 0 saturated heterocycles. The van der Waals surface area contributed by atoms with Crippen molar-refractivity contribution in [1.29, 1.82) is 0 Å². The molecule has 0 radical (unpaired) electrons. The van der Waals surface area contributed by atoms with Crippen LogP contribution in [0.2, 0.25) is 0 Å². The quantitative estimate of drug-likeness (QED) is 0.759. The summed E-state index contributed by atoms with van der Waals surface area (Å²) in [5, 5.41) is 3.77. The van der Waals surface area contributed by atoms with Gasteiger partial charge in [0.05, 0.1) is 0 Å². The lowest BCUT2D eigenvalue weighted by Gasteiger charge is -2.56. The van der Waals surface area contributed by atoms with Gasteiger partial charge in [0.25, 0.3) is 0 Å². The molecule has 5 nitrogen and oxygen atoms in total. The standard InChI is InChI=1S/C19H27N3O2S/c20-3-5-25-17-16(2-1-4-21-17)24-18(23)22-12-19-9-13-6-14(10-19)8-15(7-13)11-19/h1-2,4,13-15H,3,5-12,20H2,(H,22,23). The summed E-state index contributed by atoms with van der Waals surface area (Å²) in [6, 6.07) is 3.57. The zero-order chi connectivity index (χ0) is 17.3. The average Bonchev–Trinajstić information content (AvgIpc) is 2.58. The van der Waals surface area contributed by atoms with Crippen LogP contribution in [0.15, 0.2) is 23.4 Å². The van der Waals surface area contributed by atoms with Gasteiger partial charge in [-0.2, -0.15) is 0 Å². The molecule has 0 aliphatic heterocycles. The molecule has 3 N–H and O–H groups in total. The van der Waals surface area contributed by atoms with Gasteiger partial charge >= 0.3 is 6.09 Å². The minimum Gasteiger partial charge on any atom is -0.407 e. The molecule has 0 aromatic carbocycles. The van der Waals surface area contributed by atoms with E-state index < -0.39 is 0 Å². The Kier molecular flexibility index (Phi) is 4.91. The highest BCUT2D eigenvalue weighted by molar-refractivity contribution is 7.99. The van der Waals surface area contributed by atoms with Crippen LogP contribution in [0.25, 0.3) is 0 Å². The van der Waals surface area contributed by atoms with Gasteiger partial charge in [-0.15, -0.1) is 11.8 Å². The lowest BCUT2D eigenvalue weighted by Crippen LogP contribution is -2.51. The number of thioether (sulfide) groups is 1. The fourth-order valence-corrected chi connectivity index (χ4v) is 6.32. The summed E-state index contributed by atoms with van der Waals surface area (Å²) >= 11 is 1.51. The maximum absolute atomic E-state index is 12.3. The van der Waals surface area contributed by atoms with E-state index in [-0.39, 0.29) is 6.09 Å². The maximum Gasteiger partial charge on any atom is 0.412 e. The predicted octanol–water partition coefficient (Wildman–Crippen LogP) is 3.44. The molecular weight excluding hydrogens is 334 g/mol. The van der Waals surface area contributed by atoms with Crippen molar-refractivity contribution in [3.05, 3.63) is 18.3 Å². The third kappa shape index (κ3) is 3.80. The van der Waals surface area contributed by atoms with E-state index in [1.54, 1.807) is 18.3 Å². The van der Waals surface area contributed by atoms with E-state index in [0.29, 0.717) is 17.7 Å². The summed E-state index contributed by atoms with van der Waals surface area (Å²) in [4.78, 5) is 16.6. The first kappa shape index (κ1) is 17.2. The monoisotopic (exact) mass is 361 g/mol. The van der Waals surface area contributed by atoms with Gasteiger partial charge in [-0.25, -0.2) is 9.78 Å². The Morgan fingerprint density at radius 3 is 2.60 bits per heavy atom.